The Labute approximate surface area is 141 Å². The Bertz CT molecular complexity index is 566. The normalized spacial score (nSPS) is 22.3. The summed E-state index contributed by atoms with van der Waals surface area (Å²) in [6, 6.07) is 5.25. The third kappa shape index (κ3) is 5.25. The number of carbonyl (C=O) groups excluding carboxylic acids is 1. The van der Waals surface area contributed by atoms with E-state index in [1.165, 1.54) is 0 Å². The molecule has 1 aliphatic carbocycles. The number of ether oxygens (including phenoxy) is 1. The van der Waals surface area contributed by atoms with Gasteiger partial charge in [-0.05, 0) is 43.2 Å². The number of ketones is 1. The molecule has 0 radical (unpaired) electrons. The van der Waals surface area contributed by atoms with Crippen LogP contribution in [0, 0.1) is 12.8 Å². The molecular weight excluding hydrogens is 317 g/mol. The lowest BCUT2D eigenvalue weighted by molar-refractivity contribution is -0.153. The van der Waals surface area contributed by atoms with Crippen molar-refractivity contribution in [3.05, 3.63) is 29.3 Å². The van der Waals surface area contributed by atoms with E-state index in [0.717, 1.165) is 36.8 Å². The minimum atomic E-state index is -4.37. The number of hydrogen-bond acceptors (Lipinski definition) is 2. The van der Waals surface area contributed by atoms with Crippen molar-refractivity contribution < 1.29 is 22.7 Å². The molecule has 1 aliphatic rings. The second-order valence-electron chi connectivity index (χ2n) is 6.74. The Morgan fingerprint density at radius 1 is 1.29 bits per heavy atom. The van der Waals surface area contributed by atoms with Crippen molar-refractivity contribution in [2.75, 3.05) is 6.61 Å². The highest BCUT2D eigenvalue weighted by molar-refractivity contribution is 5.79. The number of carbonyl (C=O) groups is 1. The van der Waals surface area contributed by atoms with Gasteiger partial charge in [-0.2, -0.15) is 13.2 Å². The van der Waals surface area contributed by atoms with Crippen molar-refractivity contribution in [2.24, 2.45) is 5.92 Å². The predicted octanol–water partition coefficient (Wildman–Crippen LogP) is 5.58. The molecule has 0 heterocycles. The number of Topliss-reactive ketones (excluding diaryl/α,β-unsaturated/α-hetero) is 1. The van der Waals surface area contributed by atoms with Crippen molar-refractivity contribution in [1.82, 2.24) is 0 Å². The van der Waals surface area contributed by atoms with Crippen LogP contribution in [0.5, 0.6) is 5.75 Å². The summed E-state index contributed by atoms with van der Waals surface area (Å²) in [5, 5.41) is 0. The maximum atomic E-state index is 12.5. The maximum Gasteiger partial charge on any atom is 0.422 e. The lowest BCUT2D eigenvalue weighted by Crippen LogP contribution is -2.21. The molecule has 2 atom stereocenters. The summed E-state index contributed by atoms with van der Waals surface area (Å²) in [6.45, 7) is 2.70. The van der Waals surface area contributed by atoms with E-state index < -0.39 is 12.8 Å². The number of hydrogen-bond donors (Lipinski definition) is 0. The van der Waals surface area contributed by atoms with Gasteiger partial charge in [0.2, 0.25) is 0 Å². The number of alkyl halides is 3. The molecule has 2 nitrogen and oxygen atoms in total. The standard InChI is InChI=1S/C19H25F3O2/c1-3-5-14-6-4-7-15(23)11-16(14)17-10-13(2)8-9-18(17)24-12-19(20,21)22/h8-10,14,16H,3-7,11-12H2,1-2H3/t14-,16?/m0/s1. The SMILES string of the molecule is CCC[C@H]1CCCC(=O)CC1c1cc(C)ccc1OCC(F)(F)F. The highest BCUT2D eigenvalue weighted by atomic mass is 19.4. The van der Waals surface area contributed by atoms with Crippen molar-refractivity contribution in [3.63, 3.8) is 0 Å². The molecule has 134 valence electrons. The van der Waals surface area contributed by atoms with Crippen LogP contribution in [-0.2, 0) is 4.79 Å². The predicted molar refractivity (Wildman–Crippen MR) is 87.3 cm³/mol. The van der Waals surface area contributed by atoms with Crippen molar-refractivity contribution >= 4 is 5.78 Å². The van der Waals surface area contributed by atoms with Crippen LogP contribution >= 0.6 is 0 Å². The zero-order valence-electron chi connectivity index (χ0n) is 14.3. The zero-order chi connectivity index (χ0) is 17.7. The average molecular weight is 342 g/mol. The Balaban J connectivity index is 2.34. The van der Waals surface area contributed by atoms with Gasteiger partial charge in [0.25, 0.3) is 0 Å². The molecule has 1 saturated carbocycles. The molecule has 1 unspecified atom stereocenters. The number of halogens is 3. The summed E-state index contributed by atoms with van der Waals surface area (Å²) in [4.78, 5) is 12.1. The van der Waals surface area contributed by atoms with E-state index in [1.807, 2.05) is 13.0 Å². The van der Waals surface area contributed by atoms with Gasteiger partial charge < -0.3 is 4.74 Å². The zero-order valence-corrected chi connectivity index (χ0v) is 14.3. The van der Waals surface area contributed by atoms with E-state index in [9.17, 15) is 18.0 Å². The summed E-state index contributed by atoms with van der Waals surface area (Å²) in [5.41, 5.74) is 1.73. The Morgan fingerprint density at radius 3 is 2.71 bits per heavy atom. The molecule has 1 fully saturated rings. The monoisotopic (exact) mass is 342 g/mol. The third-order valence-corrected chi connectivity index (χ3v) is 4.66. The first-order valence-electron chi connectivity index (χ1n) is 8.62. The van der Waals surface area contributed by atoms with Crippen molar-refractivity contribution in [3.8, 4) is 5.75 Å². The number of rotatable bonds is 5. The topological polar surface area (TPSA) is 26.3 Å². The molecule has 24 heavy (non-hydrogen) atoms. The van der Waals surface area contributed by atoms with Gasteiger partial charge in [0.15, 0.2) is 6.61 Å². The molecule has 5 heteroatoms. The van der Waals surface area contributed by atoms with Crippen LogP contribution in [0.2, 0.25) is 0 Å². The highest BCUT2D eigenvalue weighted by Gasteiger charge is 2.32. The summed E-state index contributed by atoms with van der Waals surface area (Å²) in [7, 11) is 0. The average Bonchev–Trinajstić information content (AvgIpc) is 2.67. The fourth-order valence-electron chi connectivity index (χ4n) is 3.61. The van der Waals surface area contributed by atoms with E-state index in [2.05, 4.69) is 6.92 Å². The van der Waals surface area contributed by atoms with Gasteiger partial charge in [0, 0.05) is 12.8 Å². The molecular formula is C19H25F3O2. The minimum Gasteiger partial charge on any atom is -0.484 e. The minimum absolute atomic E-state index is 0.0527. The lowest BCUT2D eigenvalue weighted by atomic mass is 9.79. The number of aryl methyl sites for hydroxylation is 1. The van der Waals surface area contributed by atoms with Crippen LogP contribution in [0.1, 0.15) is 62.5 Å². The quantitative estimate of drug-likeness (QED) is 0.653. The first-order valence-corrected chi connectivity index (χ1v) is 8.62. The molecule has 0 aliphatic heterocycles. The molecule has 0 saturated heterocycles. The van der Waals surface area contributed by atoms with E-state index in [1.54, 1.807) is 12.1 Å². The van der Waals surface area contributed by atoms with Gasteiger partial charge in [-0.1, -0.05) is 37.5 Å². The second kappa shape index (κ2) is 8.04. The van der Waals surface area contributed by atoms with Crippen molar-refractivity contribution in [1.29, 1.82) is 0 Å². The molecule has 0 spiro atoms. The molecule has 0 bridgehead atoms. The number of benzene rings is 1. The molecule has 1 aromatic carbocycles. The Kier molecular flexibility index (Phi) is 6.30. The van der Waals surface area contributed by atoms with E-state index >= 15 is 0 Å². The first kappa shape index (κ1) is 18.8. The first-order chi connectivity index (χ1) is 11.3. The van der Waals surface area contributed by atoms with Crippen molar-refractivity contribution in [2.45, 2.75) is 64.5 Å². The Hall–Kier alpha value is -1.52. The van der Waals surface area contributed by atoms with E-state index in [4.69, 9.17) is 4.74 Å². The molecule has 0 amide bonds. The smallest absolute Gasteiger partial charge is 0.422 e. The van der Waals surface area contributed by atoms with E-state index in [-0.39, 0.29) is 17.5 Å². The summed E-state index contributed by atoms with van der Waals surface area (Å²) < 4.78 is 42.7. The molecule has 2 rings (SSSR count). The molecule has 0 aromatic heterocycles. The van der Waals surface area contributed by atoms with Crippen LogP contribution in [0.4, 0.5) is 13.2 Å². The molecule has 1 aromatic rings. The largest absolute Gasteiger partial charge is 0.484 e. The van der Waals surface area contributed by atoms with Crippen LogP contribution in [0.25, 0.3) is 0 Å². The summed E-state index contributed by atoms with van der Waals surface area (Å²) >= 11 is 0. The van der Waals surface area contributed by atoms with Gasteiger partial charge in [0.05, 0.1) is 0 Å². The second-order valence-corrected chi connectivity index (χ2v) is 6.74. The maximum absolute atomic E-state index is 12.5. The van der Waals surface area contributed by atoms with Gasteiger partial charge in [0.1, 0.15) is 11.5 Å². The fourth-order valence-corrected chi connectivity index (χ4v) is 3.61. The van der Waals surface area contributed by atoms with Crippen LogP contribution in [-0.4, -0.2) is 18.6 Å². The fraction of sp³-hybridized carbons (Fsp3) is 0.632. The van der Waals surface area contributed by atoms with Gasteiger partial charge >= 0.3 is 6.18 Å². The van der Waals surface area contributed by atoms with Gasteiger partial charge in [-0.15, -0.1) is 0 Å². The van der Waals surface area contributed by atoms with Gasteiger partial charge in [-0.3, -0.25) is 4.79 Å². The third-order valence-electron chi connectivity index (χ3n) is 4.66. The van der Waals surface area contributed by atoms with Crippen LogP contribution in [0.3, 0.4) is 0 Å². The van der Waals surface area contributed by atoms with Crippen LogP contribution in [0.15, 0.2) is 18.2 Å². The molecule has 0 N–H and O–H groups in total. The van der Waals surface area contributed by atoms with Gasteiger partial charge in [-0.25, -0.2) is 0 Å². The Morgan fingerprint density at radius 2 is 2.04 bits per heavy atom. The summed E-state index contributed by atoms with van der Waals surface area (Å²) in [5.74, 6) is 0.722. The lowest BCUT2D eigenvalue weighted by Gasteiger charge is -2.27. The van der Waals surface area contributed by atoms with Crippen LogP contribution < -0.4 is 4.74 Å². The summed E-state index contributed by atoms with van der Waals surface area (Å²) in [6.07, 6.45) is 0.383. The van der Waals surface area contributed by atoms with E-state index in [0.29, 0.717) is 18.8 Å². The highest BCUT2D eigenvalue weighted by Crippen LogP contribution is 2.42.